The van der Waals surface area contributed by atoms with Crippen LogP contribution < -0.4 is 14.8 Å². The second-order valence-corrected chi connectivity index (χ2v) is 6.26. The number of carbonyl (C=O) groups is 1. The lowest BCUT2D eigenvalue weighted by Crippen LogP contribution is -2.40. The van der Waals surface area contributed by atoms with E-state index in [-0.39, 0.29) is 5.91 Å². The molecule has 1 aromatic heterocycles. The average Bonchev–Trinajstić information content (AvgIpc) is 2.59. The number of carbonyl (C=O) groups excluding carboxylic acids is 1. The Morgan fingerprint density at radius 2 is 1.96 bits per heavy atom. The first kappa shape index (κ1) is 16.2. The molecule has 0 fully saturated rings. The summed E-state index contributed by atoms with van der Waals surface area (Å²) in [4.78, 5) is 21.0. The molecule has 2 heterocycles. The molecule has 24 heavy (non-hydrogen) atoms. The van der Waals surface area contributed by atoms with Gasteiger partial charge in [-0.3, -0.25) is 4.79 Å². The standard InChI is InChI=1S/C18H21N3O3/c1-12-19-7-6-14(21-12)11-20-17(22)18(2,3)13-4-5-15-16(10-13)24-9-8-23-15/h4-7,10H,8-9,11H2,1-3H3,(H,20,22). The molecule has 0 saturated carbocycles. The van der Waals surface area contributed by atoms with Crippen LogP contribution in [0.4, 0.5) is 0 Å². The number of fused-ring (bicyclic) bond motifs is 1. The summed E-state index contributed by atoms with van der Waals surface area (Å²) in [5.41, 5.74) is 0.967. The minimum Gasteiger partial charge on any atom is -0.486 e. The van der Waals surface area contributed by atoms with Gasteiger partial charge in [0.25, 0.3) is 0 Å². The highest BCUT2D eigenvalue weighted by molar-refractivity contribution is 5.87. The molecule has 1 aliphatic heterocycles. The van der Waals surface area contributed by atoms with Crippen LogP contribution in [-0.2, 0) is 16.8 Å². The van der Waals surface area contributed by atoms with Gasteiger partial charge in [-0.15, -0.1) is 0 Å². The van der Waals surface area contributed by atoms with Crippen LogP contribution in [0.1, 0.15) is 30.9 Å². The van der Waals surface area contributed by atoms with Gasteiger partial charge in [0.1, 0.15) is 19.0 Å². The summed E-state index contributed by atoms with van der Waals surface area (Å²) < 4.78 is 11.1. The van der Waals surface area contributed by atoms with Gasteiger partial charge in [0, 0.05) is 6.20 Å². The molecule has 0 bridgehead atoms. The smallest absolute Gasteiger partial charge is 0.230 e. The molecule has 0 atom stereocenters. The van der Waals surface area contributed by atoms with Gasteiger partial charge in [-0.2, -0.15) is 0 Å². The number of aromatic nitrogens is 2. The van der Waals surface area contributed by atoms with E-state index in [4.69, 9.17) is 9.47 Å². The first-order valence-electron chi connectivity index (χ1n) is 7.94. The topological polar surface area (TPSA) is 73.3 Å². The summed E-state index contributed by atoms with van der Waals surface area (Å²) in [5.74, 6) is 2.02. The number of amides is 1. The molecule has 0 spiro atoms. The van der Waals surface area contributed by atoms with Gasteiger partial charge in [0.2, 0.25) is 5.91 Å². The monoisotopic (exact) mass is 327 g/mol. The normalized spacial score (nSPS) is 13.5. The van der Waals surface area contributed by atoms with Gasteiger partial charge in [-0.25, -0.2) is 9.97 Å². The summed E-state index contributed by atoms with van der Waals surface area (Å²) in [6, 6.07) is 7.43. The molecule has 1 N–H and O–H groups in total. The Kier molecular flexibility index (Phi) is 4.38. The molecule has 126 valence electrons. The van der Waals surface area contributed by atoms with Crippen molar-refractivity contribution in [1.82, 2.24) is 15.3 Å². The van der Waals surface area contributed by atoms with Crippen LogP contribution in [0.25, 0.3) is 0 Å². The van der Waals surface area contributed by atoms with E-state index in [9.17, 15) is 4.79 Å². The van der Waals surface area contributed by atoms with Crippen LogP contribution in [0.2, 0.25) is 0 Å². The maximum atomic E-state index is 12.7. The summed E-state index contributed by atoms with van der Waals surface area (Å²) in [6.07, 6.45) is 1.69. The van der Waals surface area contributed by atoms with E-state index in [0.29, 0.717) is 31.3 Å². The number of hydrogen-bond acceptors (Lipinski definition) is 5. The van der Waals surface area contributed by atoms with E-state index in [1.807, 2.05) is 39.0 Å². The first-order valence-corrected chi connectivity index (χ1v) is 7.94. The highest BCUT2D eigenvalue weighted by Gasteiger charge is 2.31. The third-order valence-electron chi connectivity index (χ3n) is 4.10. The van der Waals surface area contributed by atoms with Crippen molar-refractivity contribution in [3.8, 4) is 11.5 Å². The van der Waals surface area contributed by atoms with Crippen molar-refractivity contribution >= 4 is 5.91 Å². The predicted molar refractivity (Wildman–Crippen MR) is 89.1 cm³/mol. The molecule has 0 radical (unpaired) electrons. The summed E-state index contributed by atoms with van der Waals surface area (Å²) in [5, 5.41) is 2.94. The summed E-state index contributed by atoms with van der Waals surface area (Å²) >= 11 is 0. The average molecular weight is 327 g/mol. The van der Waals surface area contributed by atoms with Gasteiger partial charge in [-0.1, -0.05) is 6.07 Å². The molecule has 6 nitrogen and oxygen atoms in total. The Labute approximate surface area is 141 Å². The fraction of sp³-hybridized carbons (Fsp3) is 0.389. The number of benzene rings is 1. The Morgan fingerprint density at radius 3 is 2.71 bits per heavy atom. The van der Waals surface area contributed by atoms with E-state index >= 15 is 0 Å². The van der Waals surface area contributed by atoms with Crippen molar-refractivity contribution in [1.29, 1.82) is 0 Å². The van der Waals surface area contributed by atoms with Crippen LogP contribution in [0.3, 0.4) is 0 Å². The molecule has 3 rings (SSSR count). The highest BCUT2D eigenvalue weighted by atomic mass is 16.6. The fourth-order valence-electron chi connectivity index (χ4n) is 2.56. The molecular weight excluding hydrogens is 306 g/mol. The summed E-state index contributed by atoms with van der Waals surface area (Å²) in [6.45, 7) is 7.04. The highest BCUT2D eigenvalue weighted by Crippen LogP contribution is 2.35. The van der Waals surface area contributed by atoms with Crippen LogP contribution in [0.15, 0.2) is 30.5 Å². The van der Waals surface area contributed by atoms with Gasteiger partial charge in [0.15, 0.2) is 11.5 Å². The molecule has 2 aromatic rings. The lowest BCUT2D eigenvalue weighted by molar-refractivity contribution is -0.125. The lowest BCUT2D eigenvalue weighted by Gasteiger charge is -2.26. The van der Waals surface area contributed by atoms with Crippen LogP contribution in [0.5, 0.6) is 11.5 Å². The van der Waals surface area contributed by atoms with Crippen molar-refractivity contribution in [3.05, 3.63) is 47.5 Å². The Hall–Kier alpha value is -2.63. The van der Waals surface area contributed by atoms with Gasteiger partial charge >= 0.3 is 0 Å². The van der Waals surface area contributed by atoms with Gasteiger partial charge < -0.3 is 14.8 Å². The number of rotatable bonds is 4. The quantitative estimate of drug-likeness (QED) is 0.931. The van der Waals surface area contributed by atoms with Crippen molar-refractivity contribution in [2.24, 2.45) is 0 Å². The molecule has 0 aliphatic carbocycles. The van der Waals surface area contributed by atoms with Crippen molar-refractivity contribution < 1.29 is 14.3 Å². The Morgan fingerprint density at radius 1 is 1.21 bits per heavy atom. The van der Waals surface area contributed by atoms with E-state index in [0.717, 1.165) is 17.0 Å². The maximum Gasteiger partial charge on any atom is 0.230 e. The van der Waals surface area contributed by atoms with Crippen LogP contribution in [-0.4, -0.2) is 29.1 Å². The SMILES string of the molecule is Cc1nccc(CNC(=O)C(C)(C)c2ccc3c(c2)OCCO3)n1. The molecule has 1 amide bonds. The minimum absolute atomic E-state index is 0.0737. The maximum absolute atomic E-state index is 12.7. The van der Waals surface area contributed by atoms with Crippen molar-refractivity contribution in [2.75, 3.05) is 13.2 Å². The van der Waals surface area contributed by atoms with Crippen LogP contribution in [0, 0.1) is 6.92 Å². The largest absolute Gasteiger partial charge is 0.486 e. The van der Waals surface area contributed by atoms with Gasteiger partial charge in [-0.05, 0) is 44.5 Å². The molecule has 0 saturated heterocycles. The van der Waals surface area contributed by atoms with Gasteiger partial charge in [0.05, 0.1) is 17.7 Å². The minimum atomic E-state index is -0.697. The predicted octanol–water partition coefficient (Wildman–Crippen LogP) is 2.15. The Bertz CT molecular complexity index is 759. The van der Waals surface area contributed by atoms with E-state index in [1.165, 1.54) is 0 Å². The number of nitrogens with one attached hydrogen (secondary N) is 1. The zero-order valence-corrected chi connectivity index (χ0v) is 14.1. The molecule has 1 aliphatic rings. The van der Waals surface area contributed by atoms with Crippen molar-refractivity contribution in [2.45, 2.75) is 32.7 Å². The molecular formula is C18H21N3O3. The molecule has 0 unspecified atom stereocenters. The zero-order chi connectivity index (χ0) is 17.2. The fourth-order valence-corrected chi connectivity index (χ4v) is 2.56. The number of hydrogen-bond donors (Lipinski definition) is 1. The number of nitrogens with zero attached hydrogens (tertiary/aromatic N) is 2. The van der Waals surface area contributed by atoms with Crippen molar-refractivity contribution in [3.63, 3.8) is 0 Å². The third-order valence-corrected chi connectivity index (χ3v) is 4.10. The van der Waals surface area contributed by atoms with E-state index in [1.54, 1.807) is 12.3 Å². The zero-order valence-electron chi connectivity index (χ0n) is 14.1. The second-order valence-electron chi connectivity index (χ2n) is 6.26. The first-order chi connectivity index (χ1) is 11.5. The molecule has 1 aromatic carbocycles. The third kappa shape index (κ3) is 3.32. The Balaban J connectivity index is 1.73. The van der Waals surface area contributed by atoms with E-state index in [2.05, 4.69) is 15.3 Å². The van der Waals surface area contributed by atoms with E-state index < -0.39 is 5.41 Å². The number of aryl methyl sites for hydroxylation is 1. The number of ether oxygens (including phenoxy) is 2. The lowest BCUT2D eigenvalue weighted by atomic mass is 9.83. The molecule has 6 heteroatoms. The summed E-state index contributed by atoms with van der Waals surface area (Å²) in [7, 11) is 0. The second kappa shape index (κ2) is 6.47. The van der Waals surface area contributed by atoms with Crippen LogP contribution >= 0.6 is 0 Å².